The summed E-state index contributed by atoms with van der Waals surface area (Å²) in [5.74, 6) is 1.28. The molecule has 0 spiro atoms. The minimum absolute atomic E-state index is 0.188. The van der Waals surface area contributed by atoms with E-state index >= 15 is 0 Å². The number of rotatable bonds is 4. The predicted octanol–water partition coefficient (Wildman–Crippen LogP) is 5.13. The second kappa shape index (κ2) is 6.60. The second-order valence-corrected chi connectivity index (χ2v) is 7.31. The third-order valence-corrected chi connectivity index (χ3v) is 4.21. The van der Waals surface area contributed by atoms with E-state index in [2.05, 4.69) is 74.3 Å². The van der Waals surface area contributed by atoms with Crippen LogP contribution >= 0.6 is 0 Å². The van der Waals surface area contributed by atoms with E-state index in [4.69, 9.17) is 4.42 Å². The Morgan fingerprint density at radius 2 is 1.50 bits per heavy atom. The number of hydrogen-bond acceptors (Lipinski definition) is 3. The van der Waals surface area contributed by atoms with E-state index in [1.807, 2.05) is 12.1 Å². The van der Waals surface area contributed by atoms with E-state index in [1.54, 1.807) is 0 Å². The molecule has 0 fully saturated rings. The molecule has 3 heteroatoms. The third kappa shape index (κ3) is 3.91. The minimum atomic E-state index is 0.188. The SMILES string of the molecule is Cc1ccc(-c2nnc(CCc3ccc(C(C)(C)C)cc3)o2)cc1. The maximum atomic E-state index is 5.79. The van der Waals surface area contributed by atoms with Gasteiger partial charge in [0, 0.05) is 12.0 Å². The fourth-order valence-corrected chi connectivity index (χ4v) is 2.59. The molecule has 0 atom stereocenters. The van der Waals surface area contributed by atoms with Crippen molar-refractivity contribution in [2.45, 2.75) is 46.0 Å². The van der Waals surface area contributed by atoms with Crippen molar-refractivity contribution < 1.29 is 4.42 Å². The van der Waals surface area contributed by atoms with Gasteiger partial charge in [0.15, 0.2) is 0 Å². The van der Waals surface area contributed by atoms with Gasteiger partial charge in [-0.15, -0.1) is 10.2 Å². The first-order chi connectivity index (χ1) is 11.4. The van der Waals surface area contributed by atoms with Crippen LogP contribution in [0.25, 0.3) is 11.5 Å². The molecule has 3 rings (SSSR count). The van der Waals surface area contributed by atoms with Crippen LogP contribution in [0.15, 0.2) is 52.9 Å². The molecule has 0 amide bonds. The fraction of sp³-hybridized carbons (Fsp3) is 0.333. The molecule has 0 saturated carbocycles. The highest BCUT2D eigenvalue weighted by Crippen LogP contribution is 2.23. The first kappa shape index (κ1) is 16.4. The lowest BCUT2D eigenvalue weighted by Crippen LogP contribution is -2.10. The topological polar surface area (TPSA) is 38.9 Å². The number of aryl methyl sites for hydroxylation is 3. The molecule has 1 aromatic heterocycles. The first-order valence-corrected chi connectivity index (χ1v) is 8.41. The van der Waals surface area contributed by atoms with Gasteiger partial charge in [-0.05, 0) is 42.0 Å². The summed E-state index contributed by atoms with van der Waals surface area (Å²) in [6.07, 6.45) is 1.66. The van der Waals surface area contributed by atoms with Gasteiger partial charge < -0.3 is 4.42 Å². The molecule has 3 nitrogen and oxygen atoms in total. The summed E-state index contributed by atoms with van der Waals surface area (Å²) in [7, 11) is 0. The molecule has 2 aromatic carbocycles. The van der Waals surface area contributed by atoms with Gasteiger partial charge >= 0.3 is 0 Å². The van der Waals surface area contributed by atoms with E-state index < -0.39 is 0 Å². The number of benzene rings is 2. The Labute approximate surface area is 143 Å². The van der Waals surface area contributed by atoms with Gasteiger partial charge in [-0.2, -0.15) is 0 Å². The average Bonchev–Trinajstić information content (AvgIpc) is 3.02. The largest absolute Gasteiger partial charge is 0.421 e. The number of hydrogen-bond donors (Lipinski definition) is 0. The van der Waals surface area contributed by atoms with Gasteiger partial charge in [0.05, 0.1) is 0 Å². The first-order valence-electron chi connectivity index (χ1n) is 8.41. The molecule has 0 N–H and O–H groups in total. The maximum absolute atomic E-state index is 5.79. The van der Waals surface area contributed by atoms with Crippen LogP contribution in [0, 0.1) is 6.92 Å². The van der Waals surface area contributed by atoms with E-state index in [-0.39, 0.29) is 5.41 Å². The molecular weight excluding hydrogens is 296 g/mol. The van der Waals surface area contributed by atoms with Crippen LogP contribution in [0.4, 0.5) is 0 Å². The Bertz CT molecular complexity index is 793. The molecule has 0 saturated heterocycles. The maximum Gasteiger partial charge on any atom is 0.247 e. The van der Waals surface area contributed by atoms with Crippen LogP contribution in [0.1, 0.15) is 43.4 Å². The van der Waals surface area contributed by atoms with Crippen molar-refractivity contribution in [1.29, 1.82) is 0 Å². The Morgan fingerprint density at radius 1 is 0.833 bits per heavy atom. The van der Waals surface area contributed by atoms with Crippen LogP contribution in [-0.4, -0.2) is 10.2 Å². The summed E-state index contributed by atoms with van der Waals surface area (Å²) in [5, 5.41) is 8.33. The van der Waals surface area contributed by atoms with Crippen molar-refractivity contribution in [2.24, 2.45) is 0 Å². The molecule has 0 bridgehead atoms. The van der Waals surface area contributed by atoms with Crippen molar-refractivity contribution >= 4 is 0 Å². The summed E-state index contributed by atoms with van der Waals surface area (Å²) in [6, 6.07) is 16.9. The smallest absolute Gasteiger partial charge is 0.247 e. The fourth-order valence-electron chi connectivity index (χ4n) is 2.59. The number of aromatic nitrogens is 2. The molecule has 0 aliphatic rings. The van der Waals surface area contributed by atoms with Gasteiger partial charge in [-0.3, -0.25) is 0 Å². The monoisotopic (exact) mass is 320 g/mol. The zero-order valence-corrected chi connectivity index (χ0v) is 14.8. The normalized spacial score (nSPS) is 11.7. The molecule has 0 aliphatic carbocycles. The van der Waals surface area contributed by atoms with Gasteiger partial charge in [0.1, 0.15) is 0 Å². The minimum Gasteiger partial charge on any atom is -0.421 e. The van der Waals surface area contributed by atoms with Gasteiger partial charge in [0.25, 0.3) is 0 Å². The van der Waals surface area contributed by atoms with Crippen LogP contribution in [0.3, 0.4) is 0 Å². The lowest BCUT2D eigenvalue weighted by atomic mass is 9.86. The summed E-state index contributed by atoms with van der Waals surface area (Å²) >= 11 is 0. The molecule has 124 valence electrons. The Kier molecular flexibility index (Phi) is 4.52. The predicted molar refractivity (Wildman–Crippen MR) is 97.0 cm³/mol. The van der Waals surface area contributed by atoms with Crippen LogP contribution < -0.4 is 0 Å². The van der Waals surface area contributed by atoms with Gasteiger partial charge in [0.2, 0.25) is 11.8 Å². The molecule has 3 aromatic rings. The van der Waals surface area contributed by atoms with Crippen molar-refractivity contribution in [3.63, 3.8) is 0 Å². The van der Waals surface area contributed by atoms with E-state index in [0.29, 0.717) is 11.8 Å². The van der Waals surface area contributed by atoms with E-state index in [0.717, 1.165) is 18.4 Å². The molecule has 1 heterocycles. The molecule has 0 aliphatic heterocycles. The summed E-state index contributed by atoms with van der Waals surface area (Å²) < 4.78 is 5.79. The zero-order chi connectivity index (χ0) is 17.2. The summed E-state index contributed by atoms with van der Waals surface area (Å²) in [6.45, 7) is 8.75. The van der Waals surface area contributed by atoms with E-state index in [9.17, 15) is 0 Å². The van der Waals surface area contributed by atoms with Crippen LogP contribution in [0.2, 0.25) is 0 Å². The van der Waals surface area contributed by atoms with Crippen molar-refractivity contribution in [3.8, 4) is 11.5 Å². The molecule has 0 unspecified atom stereocenters. The number of nitrogens with zero attached hydrogens (tertiary/aromatic N) is 2. The average molecular weight is 320 g/mol. The molecule has 24 heavy (non-hydrogen) atoms. The van der Waals surface area contributed by atoms with Crippen molar-refractivity contribution in [3.05, 3.63) is 71.1 Å². The highest BCUT2D eigenvalue weighted by molar-refractivity contribution is 5.52. The Balaban J connectivity index is 1.64. The lowest BCUT2D eigenvalue weighted by molar-refractivity contribution is 0.504. The van der Waals surface area contributed by atoms with Gasteiger partial charge in [-0.1, -0.05) is 62.7 Å². The second-order valence-electron chi connectivity index (χ2n) is 7.31. The highest BCUT2D eigenvalue weighted by Gasteiger charge is 2.13. The van der Waals surface area contributed by atoms with Crippen molar-refractivity contribution in [1.82, 2.24) is 10.2 Å². The van der Waals surface area contributed by atoms with Crippen LogP contribution in [-0.2, 0) is 18.3 Å². The zero-order valence-electron chi connectivity index (χ0n) is 14.8. The van der Waals surface area contributed by atoms with Crippen molar-refractivity contribution in [2.75, 3.05) is 0 Å². The standard InChI is InChI=1S/C21H24N2O/c1-15-5-10-17(11-6-15)20-23-22-19(24-20)14-9-16-7-12-18(13-8-16)21(2,3)4/h5-8,10-13H,9,14H2,1-4H3. The highest BCUT2D eigenvalue weighted by atomic mass is 16.4. The quantitative estimate of drug-likeness (QED) is 0.669. The molecular formula is C21H24N2O. The van der Waals surface area contributed by atoms with E-state index in [1.165, 1.54) is 16.7 Å². The lowest BCUT2D eigenvalue weighted by Gasteiger charge is -2.19. The van der Waals surface area contributed by atoms with Crippen LogP contribution in [0.5, 0.6) is 0 Å². The third-order valence-electron chi connectivity index (χ3n) is 4.21. The molecule has 0 radical (unpaired) electrons. The Hall–Kier alpha value is -2.42. The van der Waals surface area contributed by atoms with Gasteiger partial charge in [-0.25, -0.2) is 0 Å². The summed E-state index contributed by atoms with van der Waals surface area (Å²) in [5.41, 5.74) is 5.02. The Morgan fingerprint density at radius 3 is 2.12 bits per heavy atom. The summed E-state index contributed by atoms with van der Waals surface area (Å²) in [4.78, 5) is 0.